The molecular formula is C29H22BrN3O5S. The fourth-order valence-corrected chi connectivity index (χ4v) is 5.50. The zero-order valence-electron chi connectivity index (χ0n) is 20.7. The molecule has 4 aromatic carbocycles. The van der Waals surface area contributed by atoms with Crippen molar-refractivity contribution in [1.29, 1.82) is 0 Å². The number of halogens is 1. The third kappa shape index (κ3) is 5.62. The Labute approximate surface area is 232 Å². The standard InChI is InChI=1S/C29H22BrN3O5S/c1-19-10-13-22(14-11-19)39(36,37)38-27-15-12-21(30)16-20(27)17-31-32-28(34)18-33-25-8-4-2-6-23(25)29(35)24-7-3-5-9-26(24)33/h2-17H,18H2,1H3,(H,32,34)/b31-17-. The number of aryl methyl sites for hydroxylation is 1. The second-order valence-electron chi connectivity index (χ2n) is 8.78. The molecule has 0 fully saturated rings. The van der Waals surface area contributed by atoms with E-state index in [9.17, 15) is 18.0 Å². The lowest BCUT2D eigenvalue weighted by Gasteiger charge is -2.14. The smallest absolute Gasteiger partial charge is 0.339 e. The van der Waals surface area contributed by atoms with E-state index in [2.05, 4.69) is 26.5 Å². The molecule has 0 atom stereocenters. The van der Waals surface area contributed by atoms with Crippen molar-refractivity contribution in [3.05, 3.63) is 117 Å². The Morgan fingerprint density at radius 2 is 1.56 bits per heavy atom. The molecule has 0 aliphatic heterocycles. The van der Waals surface area contributed by atoms with Crippen molar-refractivity contribution in [3.8, 4) is 5.75 Å². The number of amides is 1. The molecule has 39 heavy (non-hydrogen) atoms. The van der Waals surface area contributed by atoms with Gasteiger partial charge < -0.3 is 8.75 Å². The second-order valence-corrected chi connectivity index (χ2v) is 11.2. The molecule has 5 rings (SSSR count). The van der Waals surface area contributed by atoms with Crippen LogP contribution in [0.25, 0.3) is 21.8 Å². The molecule has 1 N–H and O–H groups in total. The van der Waals surface area contributed by atoms with Gasteiger partial charge in [0, 0.05) is 20.8 Å². The number of benzene rings is 4. The lowest BCUT2D eigenvalue weighted by atomic mass is 10.1. The van der Waals surface area contributed by atoms with Gasteiger partial charge in [-0.1, -0.05) is 57.9 Å². The maximum atomic E-state index is 12.9. The van der Waals surface area contributed by atoms with Crippen molar-refractivity contribution >= 4 is 60.0 Å². The topological polar surface area (TPSA) is 107 Å². The van der Waals surface area contributed by atoms with Crippen molar-refractivity contribution in [2.75, 3.05) is 0 Å². The SMILES string of the molecule is Cc1ccc(S(=O)(=O)Oc2ccc(Br)cc2/C=N\NC(=O)Cn2c3ccccc3c(=O)c3ccccc32)cc1. The van der Waals surface area contributed by atoms with E-state index in [-0.39, 0.29) is 22.6 Å². The highest BCUT2D eigenvalue weighted by Crippen LogP contribution is 2.26. The largest absolute Gasteiger partial charge is 0.378 e. The molecule has 0 aliphatic rings. The fraction of sp³-hybridized carbons (Fsp3) is 0.0690. The summed E-state index contributed by atoms with van der Waals surface area (Å²) in [6, 6.07) is 25.3. The third-order valence-electron chi connectivity index (χ3n) is 6.05. The van der Waals surface area contributed by atoms with Crippen molar-refractivity contribution in [1.82, 2.24) is 9.99 Å². The molecule has 0 saturated heterocycles. The molecule has 1 aromatic heterocycles. The summed E-state index contributed by atoms with van der Waals surface area (Å²) >= 11 is 3.36. The minimum absolute atomic E-state index is 0.0211. The van der Waals surface area contributed by atoms with E-state index in [1.807, 2.05) is 19.1 Å². The van der Waals surface area contributed by atoms with Crippen LogP contribution in [-0.2, 0) is 21.5 Å². The lowest BCUT2D eigenvalue weighted by Crippen LogP contribution is -2.25. The number of pyridine rings is 1. The summed E-state index contributed by atoms with van der Waals surface area (Å²) in [5.74, 6) is -0.385. The van der Waals surface area contributed by atoms with Gasteiger partial charge in [0.05, 0.1) is 17.2 Å². The molecule has 0 saturated carbocycles. The zero-order chi connectivity index (χ0) is 27.6. The first-order valence-electron chi connectivity index (χ1n) is 11.9. The molecule has 1 amide bonds. The third-order valence-corrected chi connectivity index (χ3v) is 7.80. The van der Waals surface area contributed by atoms with E-state index >= 15 is 0 Å². The minimum atomic E-state index is -4.09. The fourth-order valence-electron chi connectivity index (χ4n) is 4.17. The minimum Gasteiger partial charge on any atom is -0.378 e. The number of para-hydroxylation sites is 2. The van der Waals surface area contributed by atoms with Crippen LogP contribution in [0.2, 0.25) is 0 Å². The van der Waals surface area contributed by atoms with Crippen LogP contribution in [0.1, 0.15) is 11.1 Å². The van der Waals surface area contributed by atoms with Crippen LogP contribution < -0.4 is 15.0 Å². The summed E-state index contributed by atoms with van der Waals surface area (Å²) in [6.45, 7) is 1.76. The van der Waals surface area contributed by atoms with E-state index in [0.29, 0.717) is 31.8 Å². The van der Waals surface area contributed by atoms with Gasteiger partial charge in [0.15, 0.2) is 11.2 Å². The maximum Gasteiger partial charge on any atom is 0.339 e. The first-order valence-corrected chi connectivity index (χ1v) is 14.1. The average molecular weight is 604 g/mol. The Balaban J connectivity index is 1.39. The normalized spacial score (nSPS) is 11.7. The first kappa shape index (κ1) is 26.3. The molecule has 0 unspecified atom stereocenters. The van der Waals surface area contributed by atoms with Gasteiger partial charge in [-0.2, -0.15) is 13.5 Å². The number of hydrogen-bond donors (Lipinski definition) is 1. The molecule has 1 heterocycles. The van der Waals surface area contributed by atoms with Crippen LogP contribution in [0.15, 0.2) is 110 Å². The Morgan fingerprint density at radius 3 is 2.21 bits per heavy atom. The number of aromatic nitrogens is 1. The van der Waals surface area contributed by atoms with Crippen LogP contribution in [0.3, 0.4) is 0 Å². The first-order chi connectivity index (χ1) is 18.7. The summed E-state index contributed by atoms with van der Waals surface area (Å²) < 4.78 is 33.4. The van der Waals surface area contributed by atoms with Crippen molar-refractivity contribution < 1.29 is 17.4 Å². The highest BCUT2D eigenvalue weighted by atomic mass is 79.9. The van der Waals surface area contributed by atoms with E-state index in [0.717, 1.165) is 5.56 Å². The van der Waals surface area contributed by atoms with E-state index < -0.39 is 16.0 Å². The molecule has 0 bridgehead atoms. The number of rotatable bonds is 7. The second kappa shape index (κ2) is 10.8. The quantitative estimate of drug-likeness (QED) is 0.120. The Bertz CT molecular complexity index is 1860. The van der Waals surface area contributed by atoms with Gasteiger partial charge in [-0.25, -0.2) is 5.43 Å². The predicted molar refractivity (Wildman–Crippen MR) is 155 cm³/mol. The van der Waals surface area contributed by atoms with Crippen molar-refractivity contribution in [2.24, 2.45) is 5.10 Å². The monoisotopic (exact) mass is 603 g/mol. The number of nitrogens with one attached hydrogen (secondary N) is 1. The lowest BCUT2D eigenvalue weighted by molar-refractivity contribution is -0.121. The van der Waals surface area contributed by atoms with Gasteiger partial charge in [0.2, 0.25) is 0 Å². The van der Waals surface area contributed by atoms with Gasteiger partial charge in [0.25, 0.3) is 5.91 Å². The molecule has 10 heteroatoms. The van der Waals surface area contributed by atoms with Crippen molar-refractivity contribution in [2.45, 2.75) is 18.4 Å². The summed E-state index contributed by atoms with van der Waals surface area (Å²) in [5.41, 5.74) is 4.90. The molecular weight excluding hydrogens is 582 g/mol. The van der Waals surface area contributed by atoms with Crippen LogP contribution in [-0.4, -0.2) is 25.1 Å². The number of hydrogen-bond acceptors (Lipinski definition) is 6. The Hall–Kier alpha value is -4.28. The highest BCUT2D eigenvalue weighted by Gasteiger charge is 2.18. The number of fused-ring (bicyclic) bond motifs is 2. The van der Waals surface area contributed by atoms with E-state index in [1.165, 1.54) is 24.4 Å². The van der Waals surface area contributed by atoms with Crippen molar-refractivity contribution in [3.63, 3.8) is 0 Å². The molecule has 0 aliphatic carbocycles. The molecule has 196 valence electrons. The van der Waals surface area contributed by atoms with Crippen LogP contribution in [0, 0.1) is 6.92 Å². The van der Waals surface area contributed by atoms with Crippen LogP contribution in [0.5, 0.6) is 5.75 Å². The summed E-state index contributed by atoms with van der Waals surface area (Å²) in [6.07, 6.45) is 1.31. The Kier molecular flexibility index (Phi) is 7.32. The highest BCUT2D eigenvalue weighted by molar-refractivity contribution is 9.10. The zero-order valence-corrected chi connectivity index (χ0v) is 23.1. The number of hydrazone groups is 1. The summed E-state index contributed by atoms with van der Waals surface area (Å²) in [4.78, 5) is 25.9. The Morgan fingerprint density at radius 1 is 0.949 bits per heavy atom. The number of nitrogens with zero attached hydrogens (tertiary/aromatic N) is 2. The average Bonchev–Trinajstić information content (AvgIpc) is 2.92. The van der Waals surface area contributed by atoms with Gasteiger partial charge in [0.1, 0.15) is 11.4 Å². The predicted octanol–water partition coefficient (Wildman–Crippen LogP) is 5.14. The van der Waals surface area contributed by atoms with E-state index in [1.54, 1.807) is 65.2 Å². The van der Waals surface area contributed by atoms with Gasteiger partial charge >= 0.3 is 10.1 Å². The summed E-state index contributed by atoms with van der Waals surface area (Å²) in [5, 5.41) is 5.06. The molecule has 5 aromatic rings. The molecule has 8 nitrogen and oxygen atoms in total. The van der Waals surface area contributed by atoms with Gasteiger partial charge in [-0.05, 0) is 61.5 Å². The van der Waals surface area contributed by atoms with Crippen LogP contribution >= 0.6 is 15.9 Å². The van der Waals surface area contributed by atoms with Crippen LogP contribution in [0.4, 0.5) is 0 Å². The number of carbonyl (C=O) groups excluding carboxylic acids is 1. The van der Waals surface area contributed by atoms with E-state index in [4.69, 9.17) is 4.18 Å². The molecule has 0 radical (unpaired) electrons. The van der Waals surface area contributed by atoms with Gasteiger partial charge in [-0.3, -0.25) is 9.59 Å². The van der Waals surface area contributed by atoms with Gasteiger partial charge in [-0.15, -0.1) is 0 Å². The summed E-state index contributed by atoms with van der Waals surface area (Å²) in [7, 11) is -4.09. The molecule has 0 spiro atoms. The maximum absolute atomic E-state index is 12.9. The number of carbonyl (C=O) groups is 1.